The first kappa shape index (κ1) is 11.7. The van der Waals surface area contributed by atoms with Crippen molar-refractivity contribution in [3.05, 3.63) is 20.8 Å². The Morgan fingerprint density at radius 1 is 1.57 bits per heavy atom. The third kappa shape index (κ3) is 3.10. The van der Waals surface area contributed by atoms with Gasteiger partial charge in [-0.2, -0.15) is 0 Å². The molecule has 4 heteroatoms. The molecular weight excluding hydrogens is 262 g/mol. The Bertz CT molecular complexity index is 333. The Balaban J connectivity index is 2.68. The molecule has 0 aliphatic rings. The van der Waals surface area contributed by atoms with Crippen molar-refractivity contribution in [1.82, 2.24) is 5.32 Å². The van der Waals surface area contributed by atoms with Crippen molar-refractivity contribution in [2.45, 2.75) is 32.7 Å². The molecule has 0 aromatic carbocycles. The molecular formula is C10H14BrNOS. The first-order valence-electron chi connectivity index (χ1n) is 4.52. The van der Waals surface area contributed by atoms with Crippen LogP contribution in [0.25, 0.3) is 0 Å². The topological polar surface area (TPSA) is 29.1 Å². The molecule has 0 radical (unpaired) electrons. The average molecular weight is 276 g/mol. The lowest BCUT2D eigenvalue weighted by Gasteiger charge is -2.23. The molecule has 0 saturated heterocycles. The van der Waals surface area contributed by atoms with E-state index in [-0.39, 0.29) is 11.4 Å². The monoisotopic (exact) mass is 275 g/mol. The van der Waals surface area contributed by atoms with Crippen molar-refractivity contribution in [2.75, 3.05) is 0 Å². The molecule has 78 valence electrons. The molecule has 0 spiro atoms. The van der Waals surface area contributed by atoms with Crippen LogP contribution in [0, 0.1) is 0 Å². The van der Waals surface area contributed by atoms with E-state index in [0.29, 0.717) is 0 Å². The second-order valence-corrected chi connectivity index (χ2v) is 6.26. The number of thiophene rings is 1. The Labute approximate surface area is 96.8 Å². The molecule has 0 bridgehead atoms. The highest BCUT2D eigenvalue weighted by molar-refractivity contribution is 9.11. The van der Waals surface area contributed by atoms with E-state index in [1.807, 2.05) is 26.0 Å². The number of carbonyl (C=O) groups is 1. The average Bonchev–Trinajstić information content (AvgIpc) is 2.51. The molecule has 0 aliphatic carbocycles. The summed E-state index contributed by atoms with van der Waals surface area (Å²) in [7, 11) is 0. The van der Waals surface area contributed by atoms with Crippen LogP contribution >= 0.6 is 27.3 Å². The summed E-state index contributed by atoms with van der Waals surface area (Å²) in [6.45, 7) is 6.10. The van der Waals surface area contributed by atoms with E-state index in [9.17, 15) is 4.79 Å². The standard InChI is InChI=1S/C10H14BrNOS/c1-4-10(2,3)12-9(13)7-5-6-8(11)14-7/h5-6H,4H2,1-3H3,(H,12,13). The van der Waals surface area contributed by atoms with Crippen LogP contribution in [0.15, 0.2) is 15.9 Å². The molecule has 0 saturated carbocycles. The zero-order chi connectivity index (χ0) is 10.8. The van der Waals surface area contributed by atoms with Crippen LogP contribution in [0.3, 0.4) is 0 Å². The largest absolute Gasteiger partial charge is 0.346 e. The van der Waals surface area contributed by atoms with Crippen LogP contribution in [0.5, 0.6) is 0 Å². The summed E-state index contributed by atoms with van der Waals surface area (Å²) >= 11 is 4.79. The smallest absolute Gasteiger partial charge is 0.261 e. The van der Waals surface area contributed by atoms with E-state index >= 15 is 0 Å². The molecule has 1 N–H and O–H groups in total. The van der Waals surface area contributed by atoms with Gasteiger partial charge >= 0.3 is 0 Å². The fourth-order valence-electron chi connectivity index (χ4n) is 0.894. The SMILES string of the molecule is CCC(C)(C)NC(=O)c1ccc(Br)s1. The lowest BCUT2D eigenvalue weighted by molar-refractivity contribution is 0.0915. The zero-order valence-corrected chi connectivity index (χ0v) is 11.0. The maximum absolute atomic E-state index is 11.7. The third-order valence-corrected chi connectivity index (χ3v) is 3.76. The van der Waals surface area contributed by atoms with Gasteiger partial charge in [0, 0.05) is 5.54 Å². The quantitative estimate of drug-likeness (QED) is 0.900. The van der Waals surface area contributed by atoms with Gasteiger partial charge in [-0.15, -0.1) is 11.3 Å². The third-order valence-electron chi connectivity index (χ3n) is 2.13. The summed E-state index contributed by atoms with van der Waals surface area (Å²) in [6, 6.07) is 3.72. The summed E-state index contributed by atoms with van der Waals surface area (Å²) < 4.78 is 0.983. The maximum Gasteiger partial charge on any atom is 0.261 e. The van der Waals surface area contributed by atoms with Crippen LogP contribution in [0.2, 0.25) is 0 Å². The van der Waals surface area contributed by atoms with Gasteiger partial charge in [0.15, 0.2) is 0 Å². The molecule has 0 unspecified atom stereocenters. The lowest BCUT2D eigenvalue weighted by atomic mass is 10.0. The van der Waals surface area contributed by atoms with Crippen molar-refractivity contribution in [2.24, 2.45) is 0 Å². The second-order valence-electron chi connectivity index (χ2n) is 3.80. The highest BCUT2D eigenvalue weighted by atomic mass is 79.9. The molecule has 2 nitrogen and oxygen atoms in total. The summed E-state index contributed by atoms with van der Waals surface area (Å²) in [5.41, 5.74) is -0.131. The van der Waals surface area contributed by atoms with Gasteiger partial charge in [0.05, 0.1) is 8.66 Å². The number of nitrogens with one attached hydrogen (secondary N) is 1. The molecule has 1 aromatic rings. The van der Waals surface area contributed by atoms with E-state index in [2.05, 4.69) is 28.2 Å². The van der Waals surface area contributed by atoms with Gasteiger partial charge < -0.3 is 5.32 Å². The predicted octanol–water partition coefficient (Wildman–Crippen LogP) is 3.43. The molecule has 14 heavy (non-hydrogen) atoms. The Morgan fingerprint density at radius 2 is 2.21 bits per heavy atom. The normalized spacial score (nSPS) is 11.4. The molecule has 1 amide bonds. The maximum atomic E-state index is 11.7. The Hall–Kier alpha value is -0.350. The highest BCUT2D eigenvalue weighted by Crippen LogP contribution is 2.22. The van der Waals surface area contributed by atoms with Crippen LogP contribution in [-0.4, -0.2) is 11.4 Å². The second kappa shape index (κ2) is 4.45. The molecule has 0 atom stereocenters. The summed E-state index contributed by atoms with van der Waals surface area (Å²) in [4.78, 5) is 12.5. The minimum absolute atomic E-state index is 0.00699. The zero-order valence-electron chi connectivity index (χ0n) is 8.56. The number of amides is 1. The van der Waals surface area contributed by atoms with Gasteiger partial charge in [-0.05, 0) is 48.3 Å². The van der Waals surface area contributed by atoms with Crippen molar-refractivity contribution in [1.29, 1.82) is 0 Å². The van der Waals surface area contributed by atoms with Crippen LogP contribution in [0.4, 0.5) is 0 Å². The molecule has 1 heterocycles. The van der Waals surface area contributed by atoms with Crippen molar-refractivity contribution in [3.8, 4) is 0 Å². The Morgan fingerprint density at radius 3 is 2.64 bits per heavy atom. The number of hydrogen-bond donors (Lipinski definition) is 1. The highest BCUT2D eigenvalue weighted by Gasteiger charge is 2.19. The fourth-order valence-corrected chi connectivity index (χ4v) is 2.17. The number of rotatable bonds is 3. The van der Waals surface area contributed by atoms with E-state index in [1.165, 1.54) is 11.3 Å². The van der Waals surface area contributed by atoms with Crippen LogP contribution in [-0.2, 0) is 0 Å². The van der Waals surface area contributed by atoms with Crippen LogP contribution in [0.1, 0.15) is 36.9 Å². The van der Waals surface area contributed by atoms with Crippen LogP contribution < -0.4 is 5.32 Å². The van der Waals surface area contributed by atoms with Gasteiger partial charge in [-0.3, -0.25) is 4.79 Å². The number of halogens is 1. The number of carbonyl (C=O) groups excluding carboxylic acids is 1. The van der Waals surface area contributed by atoms with E-state index in [1.54, 1.807) is 0 Å². The van der Waals surface area contributed by atoms with E-state index in [0.717, 1.165) is 15.1 Å². The molecule has 0 fully saturated rings. The van der Waals surface area contributed by atoms with Gasteiger partial charge in [0.2, 0.25) is 0 Å². The van der Waals surface area contributed by atoms with Gasteiger partial charge in [-0.25, -0.2) is 0 Å². The first-order valence-corrected chi connectivity index (χ1v) is 6.13. The van der Waals surface area contributed by atoms with E-state index in [4.69, 9.17) is 0 Å². The first-order chi connectivity index (χ1) is 6.44. The molecule has 0 aliphatic heterocycles. The minimum Gasteiger partial charge on any atom is -0.346 e. The summed E-state index contributed by atoms with van der Waals surface area (Å²) in [5, 5.41) is 2.99. The van der Waals surface area contributed by atoms with Crippen molar-refractivity contribution in [3.63, 3.8) is 0 Å². The predicted molar refractivity (Wildman–Crippen MR) is 63.9 cm³/mol. The van der Waals surface area contributed by atoms with Gasteiger partial charge in [-0.1, -0.05) is 6.92 Å². The van der Waals surface area contributed by atoms with Crippen molar-refractivity contribution >= 4 is 33.2 Å². The molecule has 1 aromatic heterocycles. The van der Waals surface area contributed by atoms with E-state index < -0.39 is 0 Å². The summed E-state index contributed by atoms with van der Waals surface area (Å²) in [5.74, 6) is 0.00699. The minimum atomic E-state index is -0.131. The van der Waals surface area contributed by atoms with Gasteiger partial charge in [0.1, 0.15) is 0 Å². The lowest BCUT2D eigenvalue weighted by Crippen LogP contribution is -2.42. The fraction of sp³-hybridized carbons (Fsp3) is 0.500. The Kier molecular flexibility index (Phi) is 3.72. The number of hydrogen-bond acceptors (Lipinski definition) is 2. The molecule has 1 rings (SSSR count). The summed E-state index contributed by atoms with van der Waals surface area (Å²) in [6.07, 6.45) is 0.922. The van der Waals surface area contributed by atoms with Crippen molar-refractivity contribution < 1.29 is 4.79 Å². The van der Waals surface area contributed by atoms with Gasteiger partial charge in [0.25, 0.3) is 5.91 Å².